The van der Waals surface area contributed by atoms with Crippen LogP contribution in [-0.4, -0.2) is 22.4 Å². The molecule has 0 aliphatic heterocycles. The van der Waals surface area contributed by atoms with E-state index in [-0.39, 0.29) is 16.9 Å². The fourth-order valence-electron chi connectivity index (χ4n) is 1.29. The fraction of sp³-hybridized carbons (Fsp3) is 0.111. The summed E-state index contributed by atoms with van der Waals surface area (Å²) in [6.45, 7) is 1.48. The van der Waals surface area contributed by atoms with Gasteiger partial charge in [-0.2, -0.15) is 0 Å². The van der Waals surface area contributed by atoms with Gasteiger partial charge in [0.15, 0.2) is 0 Å². The van der Waals surface area contributed by atoms with Crippen molar-refractivity contribution < 1.29 is 19.6 Å². The number of non-ortho nitro benzene ring substituents is 1. The van der Waals surface area contributed by atoms with Crippen LogP contribution >= 0.6 is 0 Å². The SMILES string of the molecule is Cc1cc([N+](=O)[O-])cc(C(=O)O)c1NC=O. The fourth-order valence-corrected chi connectivity index (χ4v) is 1.29. The Hall–Kier alpha value is -2.44. The van der Waals surface area contributed by atoms with Gasteiger partial charge >= 0.3 is 5.97 Å². The van der Waals surface area contributed by atoms with E-state index in [2.05, 4.69) is 5.32 Å². The number of rotatable bonds is 4. The first kappa shape index (κ1) is 11.6. The van der Waals surface area contributed by atoms with Crippen LogP contribution in [0, 0.1) is 17.0 Å². The number of carboxylic acid groups (broad SMARTS) is 1. The first-order valence-corrected chi connectivity index (χ1v) is 4.20. The zero-order chi connectivity index (χ0) is 12.3. The zero-order valence-corrected chi connectivity index (χ0v) is 8.26. The van der Waals surface area contributed by atoms with Crippen molar-refractivity contribution in [2.75, 3.05) is 5.32 Å². The number of hydrogen-bond donors (Lipinski definition) is 2. The van der Waals surface area contributed by atoms with E-state index in [1.165, 1.54) is 13.0 Å². The minimum absolute atomic E-state index is 0.0631. The average molecular weight is 224 g/mol. The Morgan fingerprint density at radius 2 is 2.19 bits per heavy atom. The second-order valence-corrected chi connectivity index (χ2v) is 3.01. The number of anilines is 1. The van der Waals surface area contributed by atoms with E-state index in [0.29, 0.717) is 12.0 Å². The molecule has 0 saturated heterocycles. The molecule has 7 nitrogen and oxygen atoms in total. The van der Waals surface area contributed by atoms with Crippen LogP contribution in [0.25, 0.3) is 0 Å². The number of carboxylic acids is 1. The number of hydrogen-bond acceptors (Lipinski definition) is 4. The molecule has 2 N–H and O–H groups in total. The third-order valence-corrected chi connectivity index (χ3v) is 1.96. The highest BCUT2D eigenvalue weighted by Crippen LogP contribution is 2.26. The molecule has 0 aromatic heterocycles. The van der Waals surface area contributed by atoms with Crippen molar-refractivity contribution in [1.82, 2.24) is 0 Å². The van der Waals surface area contributed by atoms with Gasteiger partial charge in [0.05, 0.1) is 16.2 Å². The summed E-state index contributed by atoms with van der Waals surface area (Å²) in [6.07, 6.45) is 0.320. The Morgan fingerprint density at radius 3 is 2.62 bits per heavy atom. The smallest absolute Gasteiger partial charge is 0.338 e. The van der Waals surface area contributed by atoms with Crippen LogP contribution in [0.15, 0.2) is 12.1 Å². The number of nitro groups is 1. The lowest BCUT2D eigenvalue weighted by atomic mass is 10.1. The van der Waals surface area contributed by atoms with Crippen LogP contribution in [0.1, 0.15) is 15.9 Å². The Balaban J connectivity index is 3.44. The molecule has 0 aliphatic rings. The third-order valence-electron chi connectivity index (χ3n) is 1.96. The largest absolute Gasteiger partial charge is 0.478 e. The summed E-state index contributed by atoms with van der Waals surface area (Å²) in [7, 11) is 0. The summed E-state index contributed by atoms with van der Waals surface area (Å²) in [5.41, 5.74) is -0.253. The van der Waals surface area contributed by atoms with E-state index >= 15 is 0 Å². The number of nitro benzene ring substituents is 1. The molecule has 1 amide bonds. The molecule has 0 atom stereocenters. The maximum atomic E-state index is 10.8. The van der Waals surface area contributed by atoms with Crippen LogP contribution in [0.4, 0.5) is 11.4 Å². The molecular weight excluding hydrogens is 216 g/mol. The Kier molecular flexibility index (Phi) is 3.19. The molecule has 16 heavy (non-hydrogen) atoms. The van der Waals surface area contributed by atoms with Crippen LogP contribution in [0.2, 0.25) is 0 Å². The van der Waals surface area contributed by atoms with E-state index in [9.17, 15) is 19.7 Å². The van der Waals surface area contributed by atoms with Crippen molar-refractivity contribution in [3.05, 3.63) is 33.4 Å². The predicted octanol–water partition coefficient (Wildman–Crippen LogP) is 1.17. The van der Waals surface area contributed by atoms with E-state index in [1.807, 2.05) is 0 Å². The Morgan fingerprint density at radius 1 is 1.56 bits per heavy atom. The van der Waals surface area contributed by atoms with Crippen molar-refractivity contribution in [1.29, 1.82) is 0 Å². The lowest BCUT2D eigenvalue weighted by molar-refractivity contribution is -0.384. The highest BCUT2D eigenvalue weighted by atomic mass is 16.6. The number of nitrogens with zero attached hydrogens (tertiary/aromatic N) is 1. The van der Waals surface area contributed by atoms with Gasteiger partial charge in [-0.05, 0) is 12.5 Å². The molecule has 0 heterocycles. The van der Waals surface area contributed by atoms with Gasteiger partial charge in [0, 0.05) is 12.1 Å². The van der Waals surface area contributed by atoms with Gasteiger partial charge < -0.3 is 10.4 Å². The third kappa shape index (κ3) is 2.14. The summed E-state index contributed by atoms with van der Waals surface area (Å²) in [4.78, 5) is 31.0. The summed E-state index contributed by atoms with van der Waals surface area (Å²) in [5.74, 6) is -1.34. The molecular formula is C9H8N2O5. The molecule has 0 radical (unpaired) electrons. The molecule has 1 rings (SSSR count). The van der Waals surface area contributed by atoms with E-state index in [4.69, 9.17) is 5.11 Å². The lowest BCUT2D eigenvalue weighted by Gasteiger charge is -2.07. The number of carbonyl (C=O) groups excluding carboxylic acids is 1. The predicted molar refractivity (Wildman–Crippen MR) is 54.5 cm³/mol. The van der Waals surface area contributed by atoms with Gasteiger partial charge in [-0.15, -0.1) is 0 Å². The normalized spacial score (nSPS) is 9.56. The first-order chi connectivity index (χ1) is 7.47. The average Bonchev–Trinajstić information content (AvgIpc) is 2.20. The summed E-state index contributed by atoms with van der Waals surface area (Å²) < 4.78 is 0. The van der Waals surface area contributed by atoms with Gasteiger partial charge in [0.25, 0.3) is 5.69 Å². The summed E-state index contributed by atoms with van der Waals surface area (Å²) >= 11 is 0. The van der Waals surface area contributed by atoms with Crippen molar-refractivity contribution in [3.63, 3.8) is 0 Å². The quantitative estimate of drug-likeness (QED) is 0.453. The van der Waals surface area contributed by atoms with Crippen LogP contribution in [-0.2, 0) is 4.79 Å². The van der Waals surface area contributed by atoms with E-state index < -0.39 is 10.9 Å². The number of amides is 1. The zero-order valence-electron chi connectivity index (χ0n) is 8.26. The van der Waals surface area contributed by atoms with Gasteiger partial charge in [0.2, 0.25) is 6.41 Å². The molecule has 0 bridgehead atoms. The lowest BCUT2D eigenvalue weighted by Crippen LogP contribution is -2.07. The summed E-state index contributed by atoms with van der Waals surface area (Å²) in [6, 6.07) is 2.10. The van der Waals surface area contributed by atoms with Crippen LogP contribution in [0.3, 0.4) is 0 Å². The number of aryl methyl sites for hydroxylation is 1. The second kappa shape index (κ2) is 4.39. The van der Waals surface area contributed by atoms with Crippen molar-refractivity contribution in [2.24, 2.45) is 0 Å². The monoisotopic (exact) mass is 224 g/mol. The molecule has 0 spiro atoms. The number of aromatic carboxylic acids is 1. The van der Waals surface area contributed by atoms with Gasteiger partial charge in [-0.3, -0.25) is 14.9 Å². The molecule has 1 aromatic rings. The summed E-state index contributed by atoms with van der Waals surface area (Å²) in [5, 5.41) is 21.6. The molecule has 0 saturated carbocycles. The Bertz CT molecular complexity index is 469. The Labute approximate surface area is 89.8 Å². The van der Waals surface area contributed by atoms with Gasteiger partial charge in [-0.1, -0.05) is 0 Å². The molecule has 0 unspecified atom stereocenters. The van der Waals surface area contributed by atoms with Crippen LogP contribution < -0.4 is 5.32 Å². The van der Waals surface area contributed by atoms with Crippen molar-refractivity contribution in [3.8, 4) is 0 Å². The maximum absolute atomic E-state index is 10.8. The van der Waals surface area contributed by atoms with Gasteiger partial charge in [-0.25, -0.2) is 4.79 Å². The topological polar surface area (TPSA) is 110 Å². The molecule has 84 valence electrons. The number of benzene rings is 1. The molecule has 1 aromatic carbocycles. The number of nitrogens with one attached hydrogen (secondary N) is 1. The van der Waals surface area contributed by atoms with Crippen LogP contribution in [0.5, 0.6) is 0 Å². The second-order valence-electron chi connectivity index (χ2n) is 3.01. The van der Waals surface area contributed by atoms with E-state index in [0.717, 1.165) is 6.07 Å². The molecule has 0 fully saturated rings. The highest BCUT2D eigenvalue weighted by Gasteiger charge is 2.18. The first-order valence-electron chi connectivity index (χ1n) is 4.20. The molecule has 0 aliphatic carbocycles. The number of carbonyl (C=O) groups is 2. The van der Waals surface area contributed by atoms with E-state index in [1.54, 1.807) is 0 Å². The highest BCUT2D eigenvalue weighted by molar-refractivity contribution is 5.98. The van der Waals surface area contributed by atoms with Gasteiger partial charge in [0.1, 0.15) is 0 Å². The van der Waals surface area contributed by atoms with Crippen molar-refractivity contribution in [2.45, 2.75) is 6.92 Å². The standard InChI is InChI=1S/C9H8N2O5/c1-5-2-6(11(15)16)3-7(9(13)14)8(5)10-4-12/h2-4H,1H3,(H,10,12)(H,13,14). The maximum Gasteiger partial charge on any atom is 0.338 e. The minimum atomic E-state index is -1.34. The molecule has 7 heteroatoms. The van der Waals surface area contributed by atoms with Crippen molar-refractivity contribution >= 4 is 23.8 Å². The minimum Gasteiger partial charge on any atom is -0.478 e.